The van der Waals surface area contributed by atoms with E-state index in [0.717, 1.165) is 64.5 Å². The van der Waals surface area contributed by atoms with Gasteiger partial charge in [-0.1, -0.05) is 44.5 Å². The Bertz CT molecular complexity index is 2800. The molecule has 3 aliphatic heterocycles. The van der Waals surface area contributed by atoms with Crippen LogP contribution in [0.15, 0.2) is 123 Å². The molecule has 1 saturated heterocycles. The Labute approximate surface area is 382 Å². The lowest BCUT2D eigenvalue weighted by Crippen LogP contribution is -2.32. The molecule has 3 aromatic rings. The first-order chi connectivity index (χ1) is 30.6. The van der Waals surface area contributed by atoms with Gasteiger partial charge in [0.05, 0.1) is 15.2 Å². The van der Waals surface area contributed by atoms with Gasteiger partial charge in [-0.3, -0.25) is 9.59 Å². The Morgan fingerprint density at radius 1 is 0.815 bits per heavy atom. The molecular formula is C49H56N4O10S2. The third-order valence-corrected chi connectivity index (χ3v) is 15.4. The van der Waals surface area contributed by atoms with Crippen LogP contribution in [0.1, 0.15) is 96.6 Å². The lowest BCUT2D eigenvalue weighted by Gasteiger charge is -2.27. The minimum absolute atomic E-state index is 0.0208. The number of carbonyl (C=O) groups is 3. The van der Waals surface area contributed by atoms with Crippen LogP contribution in [0.2, 0.25) is 0 Å². The topological polar surface area (TPSA) is 174 Å². The lowest BCUT2D eigenvalue weighted by atomic mass is 9.81. The van der Waals surface area contributed by atoms with Crippen molar-refractivity contribution in [1.29, 1.82) is 0 Å². The van der Waals surface area contributed by atoms with Gasteiger partial charge in [-0.25, -0.2) is 25.9 Å². The number of anilines is 1. The van der Waals surface area contributed by atoms with E-state index in [0.29, 0.717) is 42.2 Å². The first kappa shape index (κ1) is 47.3. The van der Waals surface area contributed by atoms with Gasteiger partial charge in [0.2, 0.25) is 15.7 Å². The smallest absolute Gasteiger partial charge is 0.333 e. The highest BCUT2D eigenvalue weighted by Crippen LogP contribution is 2.49. The van der Waals surface area contributed by atoms with E-state index < -0.39 is 48.8 Å². The monoisotopic (exact) mass is 924 g/mol. The highest BCUT2D eigenvalue weighted by Gasteiger charge is 2.44. The van der Waals surface area contributed by atoms with Crippen molar-refractivity contribution < 1.29 is 49.9 Å². The summed E-state index contributed by atoms with van der Waals surface area (Å²) in [5.41, 5.74) is 5.88. The van der Waals surface area contributed by atoms with Gasteiger partial charge >= 0.3 is 5.97 Å². The molecule has 4 aliphatic rings. The van der Waals surface area contributed by atoms with Gasteiger partial charge in [-0.2, -0.15) is 4.58 Å². The fourth-order valence-corrected chi connectivity index (χ4v) is 10.5. The van der Waals surface area contributed by atoms with Crippen LogP contribution >= 0.6 is 0 Å². The zero-order valence-corrected chi connectivity index (χ0v) is 39.6. The van der Waals surface area contributed by atoms with Crippen molar-refractivity contribution in [3.8, 4) is 5.75 Å². The van der Waals surface area contributed by atoms with E-state index in [9.17, 15) is 35.8 Å². The van der Waals surface area contributed by atoms with Crippen LogP contribution in [-0.4, -0.2) is 86.5 Å². The Balaban J connectivity index is 1.20. The van der Waals surface area contributed by atoms with Gasteiger partial charge in [-0.15, -0.1) is 5.06 Å². The number of ether oxygens (including phenoxy) is 1. The average Bonchev–Trinajstić information content (AvgIpc) is 3.76. The second kappa shape index (κ2) is 18.3. The summed E-state index contributed by atoms with van der Waals surface area (Å²) in [6.07, 6.45) is 12.4. The van der Waals surface area contributed by atoms with Crippen LogP contribution in [0.25, 0.3) is 0 Å². The Morgan fingerprint density at radius 3 is 2.17 bits per heavy atom. The number of hydrogen-bond donors (Lipinski definition) is 0. The van der Waals surface area contributed by atoms with Crippen LogP contribution in [0, 0.1) is 0 Å². The van der Waals surface area contributed by atoms with Crippen LogP contribution in [-0.2, 0) is 50.2 Å². The van der Waals surface area contributed by atoms with Crippen molar-refractivity contribution in [2.45, 2.75) is 106 Å². The highest BCUT2D eigenvalue weighted by molar-refractivity contribution is 7.89. The number of carbonyl (C=O) groups excluding carboxylic acids is 3. The molecule has 3 aromatic carbocycles. The van der Waals surface area contributed by atoms with Crippen molar-refractivity contribution in [2.75, 3.05) is 32.6 Å². The quantitative estimate of drug-likeness (QED) is 0.0633. The van der Waals surface area contributed by atoms with Gasteiger partial charge in [0.25, 0.3) is 11.8 Å². The van der Waals surface area contributed by atoms with Gasteiger partial charge in [-0.05, 0) is 117 Å². The molecule has 1 fully saturated rings. The lowest BCUT2D eigenvalue weighted by molar-refractivity contribution is -0.401. The minimum Gasteiger partial charge on any atom is -0.744 e. The molecule has 344 valence electrons. The summed E-state index contributed by atoms with van der Waals surface area (Å²) in [6, 6.07) is 19.3. The summed E-state index contributed by atoms with van der Waals surface area (Å²) in [7, 11) is -3.33. The molecule has 16 heteroatoms. The van der Waals surface area contributed by atoms with E-state index >= 15 is 0 Å². The summed E-state index contributed by atoms with van der Waals surface area (Å²) < 4.78 is 72.8. The zero-order chi connectivity index (χ0) is 47.1. The number of imide groups is 1. The number of hydrogen-bond acceptors (Lipinski definition) is 11. The molecular weight excluding hydrogens is 869 g/mol. The molecule has 3 heterocycles. The van der Waals surface area contributed by atoms with Crippen LogP contribution in [0.4, 0.5) is 11.4 Å². The third-order valence-electron chi connectivity index (χ3n) is 12.7. The van der Waals surface area contributed by atoms with E-state index in [-0.39, 0.29) is 29.1 Å². The number of benzene rings is 3. The maximum atomic E-state index is 13.1. The van der Waals surface area contributed by atoms with Crippen molar-refractivity contribution in [1.82, 2.24) is 9.37 Å². The van der Waals surface area contributed by atoms with Gasteiger partial charge in [0.1, 0.15) is 28.7 Å². The van der Waals surface area contributed by atoms with E-state index in [1.165, 1.54) is 30.5 Å². The largest absolute Gasteiger partial charge is 0.744 e. The standard InChI is InChI=1S/C49H56N4O10S2/c1-48(2)38-31-36(64(57,58)50(5)6)22-24-40(38)51(7)42(48)26-20-33-15-14-16-34(47(33)62-35-17-10-8-11-18-35)21-27-43-49(3,4)39-32-37(65(59,60)61)23-25-41(39)52(43)30-13-9-12-19-46(56)63-53-44(54)28-29-45(53)55/h8,10-11,17-18,20-27,31-32H,9,12-16,19,28-30H2,1-7H3. The molecule has 0 bridgehead atoms. The van der Waals surface area contributed by atoms with E-state index in [2.05, 4.69) is 41.6 Å². The summed E-state index contributed by atoms with van der Waals surface area (Å²) in [5, 5.41) is 0.552. The van der Waals surface area contributed by atoms with Gasteiger partial charge in [0, 0.05) is 74.4 Å². The van der Waals surface area contributed by atoms with Crippen LogP contribution in [0.5, 0.6) is 5.75 Å². The van der Waals surface area contributed by atoms with Crippen molar-refractivity contribution in [3.63, 3.8) is 0 Å². The maximum absolute atomic E-state index is 13.1. The normalized spacial score (nSPS) is 19.6. The summed E-state index contributed by atoms with van der Waals surface area (Å²) >= 11 is 0. The number of nitrogens with zero attached hydrogens (tertiary/aromatic N) is 4. The molecule has 0 spiro atoms. The maximum Gasteiger partial charge on any atom is 0.333 e. The first-order valence-corrected chi connectivity index (χ1v) is 24.7. The predicted octanol–water partition coefficient (Wildman–Crippen LogP) is 7.70. The summed E-state index contributed by atoms with van der Waals surface area (Å²) in [4.78, 5) is 43.4. The molecule has 2 amide bonds. The third kappa shape index (κ3) is 9.53. The number of para-hydroxylation sites is 1. The molecule has 0 unspecified atom stereocenters. The molecule has 14 nitrogen and oxygen atoms in total. The molecule has 0 aromatic heterocycles. The number of rotatable bonds is 15. The number of fused-ring (bicyclic) bond motifs is 2. The molecule has 0 N–H and O–H groups in total. The molecule has 65 heavy (non-hydrogen) atoms. The highest BCUT2D eigenvalue weighted by atomic mass is 32.2. The van der Waals surface area contributed by atoms with Crippen molar-refractivity contribution in [3.05, 3.63) is 125 Å². The second-order valence-corrected chi connectivity index (χ2v) is 21.5. The van der Waals surface area contributed by atoms with E-state index in [1.54, 1.807) is 18.2 Å². The SMILES string of the molecule is CN(C)S(=O)(=O)c1ccc2c(c1)C(C)(C)C(/C=C/C1=C(Oc3ccccc3)C(=C\C=C3/N(CCCCCC(=O)ON4C(=O)CCC4=O)c4ccc(S(=O)(=O)[O-])cc4C3(C)C)/CCC1)=[N+]2C. The molecule has 0 saturated carbocycles. The predicted molar refractivity (Wildman–Crippen MR) is 245 cm³/mol. The van der Waals surface area contributed by atoms with Crippen LogP contribution < -0.4 is 9.64 Å². The Hall–Kier alpha value is -5.68. The number of allylic oxidation sites excluding steroid dienone is 7. The molecule has 0 radical (unpaired) electrons. The molecule has 0 atom stereocenters. The van der Waals surface area contributed by atoms with Gasteiger partial charge < -0.3 is 19.0 Å². The fraction of sp³-hybridized carbons (Fsp3) is 0.388. The molecule has 7 rings (SSSR count). The Kier molecular flexibility index (Phi) is 13.3. The number of amides is 2. The number of unbranched alkanes of at least 4 members (excludes halogenated alkanes) is 2. The number of sulfonamides is 1. The number of hydroxylamine groups is 2. The van der Waals surface area contributed by atoms with E-state index in [4.69, 9.17) is 9.57 Å². The van der Waals surface area contributed by atoms with Crippen molar-refractivity contribution >= 4 is 55.0 Å². The fourth-order valence-electron chi connectivity index (χ4n) is 9.08. The minimum atomic E-state index is -4.73. The molecule has 1 aliphatic carbocycles. The summed E-state index contributed by atoms with van der Waals surface area (Å²) in [6.45, 7) is 8.68. The average molecular weight is 925 g/mol. The second-order valence-electron chi connectivity index (χ2n) is 18.0. The van der Waals surface area contributed by atoms with Crippen molar-refractivity contribution in [2.24, 2.45) is 0 Å². The summed E-state index contributed by atoms with van der Waals surface area (Å²) in [5.74, 6) is -0.322. The van der Waals surface area contributed by atoms with E-state index in [1.807, 2.05) is 63.4 Å². The zero-order valence-electron chi connectivity index (χ0n) is 37.9. The first-order valence-electron chi connectivity index (χ1n) is 21.8. The van der Waals surface area contributed by atoms with Crippen LogP contribution in [0.3, 0.4) is 0 Å². The Morgan fingerprint density at radius 2 is 1.49 bits per heavy atom. The van der Waals surface area contributed by atoms with Gasteiger partial charge in [0.15, 0.2) is 5.71 Å².